The Balaban J connectivity index is 1.03. The van der Waals surface area contributed by atoms with Crippen molar-refractivity contribution < 1.29 is 25.2 Å². The lowest BCUT2D eigenvalue weighted by atomic mass is 9.79. The van der Waals surface area contributed by atoms with Gasteiger partial charge in [-0.2, -0.15) is 0 Å². The molecule has 4 aromatic rings. The molecule has 2 aromatic heterocycles. The highest BCUT2D eigenvalue weighted by Crippen LogP contribution is 2.63. The Labute approximate surface area is 262 Å². The molecule has 228 valence electrons. The monoisotopic (exact) mass is 600 g/mol. The van der Waals surface area contributed by atoms with E-state index in [0.717, 1.165) is 60.8 Å². The molecule has 0 fully saturated rings. The summed E-state index contributed by atoms with van der Waals surface area (Å²) in [6, 6.07) is 14.4. The average Bonchev–Trinajstić information content (AvgIpc) is 3.88. The standard InChI is InChI=1S/C38H36N2O5/c1-3-5-17-37-19-15-23(21-37)29-31(37)35(43)39(33(29)41)25-7-11-27(12-8-25)45-28-13-9-26(10-14-28)40-34(42)30-24-16-20-38(22-24,18-6-4-2)32(30)36(40)44/h3-4,7-16,19-20,23-24,41-44H,1-2,5-6,17-18,21-22H2. The lowest BCUT2D eigenvalue weighted by Crippen LogP contribution is -2.18. The van der Waals surface area contributed by atoms with Crippen LogP contribution in [0.4, 0.5) is 0 Å². The highest BCUT2D eigenvalue weighted by molar-refractivity contribution is 5.66. The fourth-order valence-corrected chi connectivity index (χ4v) is 8.53. The Bertz CT molecular complexity index is 1790. The molecule has 7 heteroatoms. The number of fused-ring (bicyclic) bond motifs is 10. The molecule has 2 heterocycles. The van der Waals surface area contributed by atoms with Gasteiger partial charge in [0.05, 0.1) is 11.4 Å². The van der Waals surface area contributed by atoms with Crippen molar-refractivity contribution in [2.45, 2.75) is 61.2 Å². The molecular formula is C38H36N2O5. The third-order valence-electron chi connectivity index (χ3n) is 10.5. The number of aromatic nitrogens is 2. The first-order valence-corrected chi connectivity index (χ1v) is 15.6. The molecule has 0 aliphatic heterocycles. The summed E-state index contributed by atoms with van der Waals surface area (Å²) in [4.78, 5) is 0. The van der Waals surface area contributed by atoms with E-state index in [0.29, 0.717) is 22.9 Å². The van der Waals surface area contributed by atoms with Gasteiger partial charge in [0.25, 0.3) is 0 Å². The van der Waals surface area contributed by atoms with Crippen molar-refractivity contribution in [3.63, 3.8) is 0 Å². The second kappa shape index (κ2) is 9.73. The minimum absolute atomic E-state index is 0.0829. The number of hydrogen-bond donors (Lipinski definition) is 4. The molecule has 0 amide bonds. The summed E-state index contributed by atoms with van der Waals surface area (Å²) in [5.74, 6) is 1.71. The molecule has 4 aliphatic rings. The molecule has 8 rings (SSSR count). The molecule has 4 N–H and O–H groups in total. The van der Waals surface area contributed by atoms with Gasteiger partial charge < -0.3 is 25.2 Å². The maximum Gasteiger partial charge on any atom is 0.203 e. The van der Waals surface area contributed by atoms with Crippen LogP contribution in [-0.2, 0) is 10.8 Å². The number of rotatable bonds is 10. The predicted octanol–water partition coefficient (Wildman–Crippen LogP) is 8.40. The van der Waals surface area contributed by atoms with Gasteiger partial charge >= 0.3 is 0 Å². The lowest BCUT2D eigenvalue weighted by molar-refractivity contribution is 0.383. The van der Waals surface area contributed by atoms with Crippen molar-refractivity contribution in [1.29, 1.82) is 0 Å². The van der Waals surface area contributed by atoms with Crippen LogP contribution in [-0.4, -0.2) is 29.6 Å². The van der Waals surface area contributed by atoms with E-state index in [2.05, 4.69) is 37.5 Å². The van der Waals surface area contributed by atoms with Crippen LogP contribution >= 0.6 is 0 Å². The molecule has 4 unspecified atom stereocenters. The van der Waals surface area contributed by atoms with Crippen molar-refractivity contribution in [2.24, 2.45) is 0 Å². The predicted molar refractivity (Wildman–Crippen MR) is 173 cm³/mol. The molecule has 2 aromatic carbocycles. The van der Waals surface area contributed by atoms with E-state index in [9.17, 15) is 20.4 Å². The summed E-state index contributed by atoms with van der Waals surface area (Å²) < 4.78 is 9.14. The summed E-state index contributed by atoms with van der Waals surface area (Å²) in [6.07, 6.45) is 17.6. The Kier molecular flexibility index (Phi) is 5.95. The smallest absolute Gasteiger partial charge is 0.203 e. The second-order valence-electron chi connectivity index (χ2n) is 12.9. The van der Waals surface area contributed by atoms with Gasteiger partial charge in [0.15, 0.2) is 0 Å². The summed E-state index contributed by atoms with van der Waals surface area (Å²) in [5, 5.41) is 45.1. The van der Waals surface area contributed by atoms with Crippen molar-refractivity contribution in [3.8, 4) is 46.4 Å². The van der Waals surface area contributed by atoms with Gasteiger partial charge in [0, 0.05) is 44.9 Å². The van der Waals surface area contributed by atoms with Crippen LogP contribution in [0.25, 0.3) is 11.4 Å². The number of benzene rings is 2. The van der Waals surface area contributed by atoms with Gasteiger partial charge in [0.1, 0.15) is 11.5 Å². The van der Waals surface area contributed by atoms with E-state index in [-0.39, 0.29) is 46.2 Å². The first-order chi connectivity index (χ1) is 21.8. The number of hydrogen-bond acceptors (Lipinski definition) is 5. The van der Waals surface area contributed by atoms with E-state index in [1.54, 1.807) is 24.3 Å². The SMILES string of the molecule is C=CCCC12C=CC(C1)c1c2c(O)n(-c2ccc(Oc3ccc(-n4c(O)c5c(c4O)C4(CCC=C)C=CC5C4)cc3)cc2)c1O. The quantitative estimate of drug-likeness (QED) is 0.137. The minimum Gasteiger partial charge on any atom is -0.494 e. The van der Waals surface area contributed by atoms with Gasteiger partial charge in [-0.25, -0.2) is 0 Å². The molecule has 0 spiro atoms. The van der Waals surface area contributed by atoms with E-state index >= 15 is 0 Å². The van der Waals surface area contributed by atoms with Crippen LogP contribution in [0.5, 0.6) is 35.0 Å². The highest BCUT2D eigenvalue weighted by atomic mass is 16.5. The van der Waals surface area contributed by atoms with Gasteiger partial charge in [-0.1, -0.05) is 36.5 Å². The highest BCUT2D eigenvalue weighted by Gasteiger charge is 2.52. The Morgan fingerprint density at radius 3 is 1.42 bits per heavy atom. The molecule has 0 saturated heterocycles. The van der Waals surface area contributed by atoms with Crippen LogP contribution in [0.15, 0.2) is 98.1 Å². The van der Waals surface area contributed by atoms with E-state index < -0.39 is 0 Å². The summed E-state index contributed by atoms with van der Waals surface area (Å²) in [7, 11) is 0. The van der Waals surface area contributed by atoms with Crippen molar-refractivity contribution in [3.05, 3.63) is 120 Å². The number of allylic oxidation sites excluding steroid dienone is 6. The maximum atomic E-state index is 11.3. The molecule has 0 saturated carbocycles. The van der Waals surface area contributed by atoms with Crippen LogP contribution in [0.1, 0.15) is 72.6 Å². The third kappa shape index (κ3) is 3.76. The molecule has 4 bridgehead atoms. The molecule has 0 radical (unpaired) electrons. The molecule has 7 nitrogen and oxygen atoms in total. The number of nitrogens with zero attached hydrogens (tertiary/aromatic N) is 2. The Morgan fingerprint density at radius 1 is 0.644 bits per heavy atom. The average molecular weight is 601 g/mol. The zero-order valence-electron chi connectivity index (χ0n) is 25.0. The van der Waals surface area contributed by atoms with Crippen LogP contribution in [0, 0.1) is 0 Å². The zero-order chi connectivity index (χ0) is 31.1. The first-order valence-electron chi connectivity index (χ1n) is 15.6. The summed E-state index contributed by atoms with van der Waals surface area (Å²) in [6.45, 7) is 7.72. The van der Waals surface area contributed by atoms with Crippen LogP contribution < -0.4 is 4.74 Å². The second-order valence-corrected chi connectivity index (χ2v) is 12.9. The molecule has 4 aliphatic carbocycles. The molecule has 45 heavy (non-hydrogen) atoms. The van der Waals surface area contributed by atoms with Crippen molar-refractivity contribution >= 4 is 0 Å². The van der Waals surface area contributed by atoms with E-state index in [1.807, 2.05) is 36.4 Å². The fourth-order valence-electron chi connectivity index (χ4n) is 8.53. The van der Waals surface area contributed by atoms with Crippen LogP contribution in [0.2, 0.25) is 0 Å². The van der Waals surface area contributed by atoms with Crippen LogP contribution in [0.3, 0.4) is 0 Å². The van der Waals surface area contributed by atoms with Gasteiger partial charge in [-0.3, -0.25) is 9.13 Å². The topological polar surface area (TPSA) is 100 Å². The zero-order valence-corrected chi connectivity index (χ0v) is 25.0. The summed E-state index contributed by atoms with van der Waals surface area (Å²) >= 11 is 0. The van der Waals surface area contributed by atoms with Gasteiger partial charge in [-0.15, -0.1) is 13.2 Å². The fraction of sp³-hybridized carbons (Fsp3) is 0.263. The molecule has 4 atom stereocenters. The van der Waals surface area contributed by atoms with E-state index in [1.165, 1.54) is 9.13 Å². The largest absolute Gasteiger partial charge is 0.494 e. The number of ether oxygens (including phenoxy) is 1. The van der Waals surface area contributed by atoms with Gasteiger partial charge in [-0.05, 0) is 87.1 Å². The summed E-state index contributed by atoms with van der Waals surface area (Å²) in [5.41, 5.74) is 4.04. The Hall–Kier alpha value is -5.04. The normalized spacial score (nSPS) is 24.7. The van der Waals surface area contributed by atoms with E-state index in [4.69, 9.17) is 4.74 Å². The third-order valence-corrected chi connectivity index (χ3v) is 10.5. The Morgan fingerprint density at radius 2 is 1.04 bits per heavy atom. The van der Waals surface area contributed by atoms with Gasteiger partial charge in [0.2, 0.25) is 23.5 Å². The maximum absolute atomic E-state index is 11.3. The first kappa shape index (κ1) is 27.5. The minimum atomic E-state index is -0.270. The molecular weight excluding hydrogens is 564 g/mol. The van der Waals surface area contributed by atoms with Crippen molar-refractivity contribution in [2.75, 3.05) is 0 Å². The lowest BCUT2D eigenvalue weighted by Gasteiger charge is -2.24. The number of aromatic hydroxyl groups is 4. The van der Waals surface area contributed by atoms with Crippen molar-refractivity contribution in [1.82, 2.24) is 9.13 Å².